The van der Waals surface area contributed by atoms with Gasteiger partial charge >= 0.3 is 7.12 Å². The number of hydrogen-bond acceptors (Lipinski definition) is 4. The largest absolute Gasteiger partial charge is 0.495 e. The number of para-hydroxylation sites is 1. The van der Waals surface area contributed by atoms with E-state index in [0.29, 0.717) is 12.2 Å². The van der Waals surface area contributed by atoms with Crippen molar-refractivity contribution in [3.8, 4) is 0 Å². The minimum Gasteiger partial charge on any atom is -0.407 e. The number of nitro groups is 1. The Hall–Kier alpha value is -1.70. The van der Waals surface area contributed by atoms with E-state index in [-0.39, 0.29) is 16.0 Å². The van der Waals surface area contributed by atoms with E-state index in [4.69, 9.17) is 9.31 Å². The second-order valence-electron chi connectivity index (χ2n) is 6.49. The molecule has 0 N–H and O–H groups in total. The van der Waals surface area contributed by atoms with Crippen LogP contribution in [0.1, 0.15) is 25.5 Å². The van der Waals surface area contributed by atoms with Crippen LogP contribution < -0.4 is 5.46 Å². The average Bonchev–Trinajstić information content (AvgIpc) is 2.55. The standard InChI is InChI=1S/C17H17BBrNO4/c1-17(2)11-23-18(13-8-4-5-9-14(13)19)24-16(17)12-7-3-6-10-15(12)20(21)22/h3-10,16H,11H2,1-2H3. The molecule has 0 amide bonds. The Morgan fingerprint density at radius 1 is 1.21 bits per heavy atom. The van der Waals surface area contributed by atoms with Gasteiger partial charge in [-0.3, -0.25) is 10.1 Å². The van der Waals surface area contributed by atoms with Gasteiger partial charge in [-0.05, 0) is 17.6 Å². The predicted octanol–water partition coefficient (Wildman–Crippen LogP) is 3.87. The maximum atomic E-state index is 11.4. The van der Waals surface area contributed by atoms with Crippen LogP contribution in [0.25, 0.3) is 0 Å². The number of halogens is 1. The van der Waals surface area contributed by atoms with Gasteiger partial charge in [-0.15, -0.1) is 0 Å². The summed E-state index contributed by atoms with van der Waals surface area (Å²) in [6, 6.07) is 14.4. The minimum absolute atomic E-state index is 0.0725. The van der Waals surface area contributed by atoms with Gasteiger partial charge in [-0.1, -0.05) is 60.1 Å². The fourth-order valence-corrected chi connectivity index (χ4v) is 3.38. The summed E-state index contributed by atoms with van der Waals surface area (Å²) in [6.07, 6.45) is -0.440. The van der Waals surface area contributed by atoms with Crippen molar-refractivity contribution in [2.24, 2.45) is 5.41 Å². The van der Waals surface area contributed by atoms with Gasteiger partial charge in [0.15, 0.2) is 0 Å². The molecule has 2 aromatic carbocycles. The highest BCUT2D eigenvalue weighted by Crippen LogP contribution is 2.43. The Bertz CT molecular complexity index is 768. The summed E-state index contributed by atoms with van der Waals surface area (Å²) in [5, 5.41) is 11.4. The first-order valence-corrected chi connectivity index (χ1v) is 8.44. The molecule has 0 aliphatic carbocycles. The Kier molecular flexibility index (Phi) is 4.76. The van der Waals surface area contributed by atoms with Crippen molar-refractivity contribution in [1.82, 2.24) is 0 Å². The van der Waals surface area contributed by atoms with Crippen molar-refractivity contribution in [3.05, 3.63) is 68.7 Å². The van der Waals surface area contributed by atoms with Crippen molar-refractivity contribution in [2.45, 2.75) is 20.0 Å². The first kappa shape index (κ1) is 17.1. The summed E-state index contributed by atoms with van der Waals surface area (Å²) in [4.78, 5) is 11.0. The molecule has 1 saturated heterocycles. The molecule has 24 heavy (non-hydrogen) atoms. The summed E-state index contributed by atoms with van der Waals surface area (Å²) < 4.78 is 13.0. The van der Waals surface area contributed by atoms with Gasteiger partial charge in [0.25, 0.3) is 5.69 Å². The molecule has 1 heterocycles. The van der Waals surface area contributed by atoms with Gasteiger partial charge in [0.05, 0.1) is 16.6 Å². The number of hydrogen-bond donors (Lipinski definition) is 0. The van der Waals surface area contributed by atoms with Crippen molar-refractivity contribution < 1.29 is 14.2 Å². The van der Waals surface area contributed by atoms with E-state index in [1.54, 1.807) is 18.2 Å². The van der Waals surface area contributed by atoms with Gasteiger partial charge < -0.3 is 9.31 Å². The zero-order valence-corrected chi connectivity index (χ0v) is 15.0. The molecule has 2 aromatic rings. The zero-order valence-electron chi connectivity index (χ0n) is 13.4. The van der Waals surface area contributed by atoms with Gasteiger partial charge in [-0.2, -0.15) is 0 Å². The van der Waals surface area contributed by atoms with Gasteiger partial charge in [0, 0.05) is 22.6 Å². The summed E-state index contributed by atoms with van der Waals surface area (Å²) in [5.74, 6) is 0. The van der Waals surface area contributed by atoms with Crippen LogP contribution in [0.3, 0.4) is 0 Å². The second-order valence-corrected chi connectivity index (χ2v) is 7.34. The number of nitrogens with zero attached hydrogens (tertiary/aromatic N) is 1. The summed E-state index contributed by atoms with van der Waals surface area (Å²) in [5.41, 5.74) is 1.14. The van der Waals surface area contributed by atoms with E-state index in [9.17, 15) is 10.1 Å². The Morgan fingerprint density at radius 2 is 1.88 bits per heavy atom. The predicted molar refractivity (Wildman–Crippen MR) is 96.2 cm³/mol. The Morgan fingerprint density at radius 3 is 2.58 bits per heavy atom. The van der Waals surface area contributed by atoms with Crippen LogP contribution >= 0.6 is 15.9 Å². The highest BCUT2D eigenvalue weighted by Gasteiger charge is 2.44. The lowest BCUT2D eigenvalue weighted by Crippen LogP contribution is -2.49. The Labute approximate surface area is 149 Å². The third kappa shape index (κ3) is 3.24. The molecule has 124 valence electrons. The topological polar surface area (TPSA) is 61.6 Å². The van der Waals surface area contributed by atoms with Crippen LogP contribution in [0.4, 0.5) is 5.69 Å². The molecule has 7 heteroatoms. The fourth-order valence-electron chi connectivity index (χ4n) is 2.91. The maximum absolute atomic E-state index is 11.4. The van der Waals surface area contributed by atoms with E-state index in [1.165, 1.54) is 6.07 Å². The normalized spacial score (nSPS) is 20.0. The molecule has 3 rings (SSSR count). The molecular formula is C17H17BBrNO4. The van der Waals surface area contributed by atoms with Crippen molar-refractivity contribution in [2.75, 3.05) is 6.61 Å². The maximum Gasteiger partial charge on any atom is 0.495 e. The van der Waals surface area contributed by atoms with E-state index in [1.807, 2.05) is 38.1 Å². The van der Waals surface area contributed by atoms with Gasteiger partial charge in [-0.25, -0.2) is 0 Å². The van der Waals surface area contributed by atoms with Crippen molar-refractivity contribution in [3.63, 3.8) is 0 Å². The number of rotatable bonds is 3. The van der Waals surface area contributed by atoms with Gasteiger partial charge in [0.2, 0.25) is 0 Å². The summed E-state index contributed by atoms with van der Waals surface area (Å²) >= 11 is 3.51. The lowest BCUT2D eigenvalue weighted by molar-refractivity contribution is -0.386. The third-order valence-electron chi connectivity index (χ3n) is 4.15. The van der Waals surface area contributed by atoms with Crippen molar-refractivity contribution >= 4 is 34.2 Å². The molecule has 1 aliphatic heterocycles. The summed E-state index contributed by atoms with van der Waals surface area (Å²) in [7, 11) is -0.571. The third-order valence-corrected chi connectivity index (χ3v) is 4.87. The Balaban J connectivity index is 1.99. The average molecular weight is 390 g/mol. The van der Waals surface area contributed by atoms with E-state index in [2.05, 4.69) is 15.9 Å². The smallest absolute Gasteiger partial charge is 0.407 e. The SMILES string of the molecule is CC1(C)COB(c2ccccc2Br)OC1c1ccccc1[N+](=O)[O-]. The molecule has 0 radical (unpaired) electrons. The van der Waals surface area contributed by atoms with E-state index >= 15 is 0 Å². The first-order valence-electron chi connectivity index (χ1n) is 7.65. The highest BCUT2D eigenvalue weighted by molar-refractivity contribution is 9.10. The molecule has 5 nitrogen and oxygen atoms in total. The molecule has 1 unspecified atom stereocenters. The van der Waals surface area contributed by atoms with E-state index in [0.717, 1.165) is 9.94 Å². The molecular weight excluding hydrogens is 373 g/mol. The molecule has 1 fully saturated rings. The van der Waals surface area contributed by atoms with E-state index < -0.39 is 13.2 Å². The monoisotopic (exact) mass is 389 g/mol. The van der Waals surface area contributed by atoms with Crippen molar-refractivity contribution in [1.29, 1.82) is 0 Å². The summed E-state index contributed by atoms with van der Waals surface area (Å²) in [6.45, 7) is 4.42. The highest BCUT2D eigenvalue weighted by atomic mass is 79.9. The minimum atomic E-state index is -0.571. The van der Waals surface area contributed by atoms with Crippen LogP contribution in [-0.4, -0.2) is 18.6 Å². The van der Waals surface area contributed by atoms with Crippen LogP contribution in [-0.2, 0) is 9.31 Å². The van der Waals surface area contributed by atoms with Crippen LogP contribution in [0.5, 0.6) is 0 Å². The van der Waals surface area contributed by atoms with Crippen LogP contribution in [0.2, 0.25) is 0 Å². The molecule has 0 spiro atoms. The molecule has 0 aromatic heterocycles. The quantitative estimate of drug-likeness (QED) is 0.454. The van der Waals surface area contributed by atoms with Crippen LogP contribution in [0, 0.1) is 15.5 Å². The fraction of sp³-hybridized carbons (Fsp3) is 0.294. The van der Waals surface area contributed by atoms with Crippen LogP contribution in [0.15, 0.2) is 53.0 Å². The molecule has 1 aliphatic rings. The lowest BCUT2D eigenvalue weighted by Gasteiger charge is -2.41. The number of nitro benzene ring substituents is 1. The number of benzene rings is 2. The second kappa shape index (κ2) is 6.66. The molecule has 0 saturated carbocycles. The van der Waals surface area contributed by atoms with Gasteiger partial charge in [0.1, 0.15) is 0 Å². The zero-order chi connectivity index (χ0) is 17.3. The molecule has 0 bridgehead atoms. The lowest BCUT2D eigenvalue weighted by atomic mass is 9.72. The molecule has 1 atom stereocenters. The first-order chi connectivity index (χ1) is 11.4.